The summed E-state index contributed by atoms with van der Waals surface area (Å²) in [5.41, 5.74) is 2.56. The van der Waals surface area contributed by atoms with E-state index in [2.05, 4.69) is 15.4 Å². The Morgan fingerprint density at radius 2 is 1.96 bits per heavy atom. The molecule has 0 fully saturated rings. The van der Waals surface area contributed by atoms with Crippen LogP contribution in [0.2, 0.25) is 5.15 Å². The summed E-state index contributed by atoms with van der Waals surface area (Å²) in [6.07, 6.45) is -4.50. The maximum Gasteiger partial charge on any atom is 0.433 e. The first-order valence-electron chi connectivity index (χ1n) is 7.07. The molecule has 1 unspecified atom stereocenters. The normalized spacial score (nSPS) is 13.4. The SMILES string of the molecule is Cc1nn(C)c(C)c1CNC(C)c1ccc(C(F)(F)F)nc1Cl. The van der Waals surface area contributed by atoms with E-state index in [0.29, 0.717) is 12.1 Å². The van der Waals surface area contributed by atoms with Gasteiger partial charge in [-0.25, -0.2) is 4.98 Å². The van der Waals surface area contributed by atoms with Gasteiger partial charge in [-0.3, -0.25) is 4.68 Å². The van der Waals surface area contributed by atoms with E-state index in [9.17, 15) is 13.2 Å². The highest BCUT2D eigenvalue weighted by Crippen LogP contribution is 2.31. The molecular formula is C15H18ClF3N4. The highest BCUT2D eigenvalue weighted by Gasteiger charge is 2.33. The second-order valence-electron chi connectivity index (χ2n) is 5.45. The van der Waals surface area contributed by atoms with Crippen molar-refractivity contribution in [1.29, 1.82) is 0 Å². The van der Waals surface area contributed by atoms with Gasteiger partial charge in [0.2, 0.25) is 0 Å². The van der Waals surface area contributed by atoms with E-state index in [0.717, 1.165) is 23.0 Å². The van der Waals surface area contributed by atoms with E-state index in [4.69, 9.17) is 11.6 Å². The Bertz CT molecular complexity index is 709. The Kier molecular flexibility index (Phi) is 5.01. The van der Waals surface area contributed by atoms with E-state index in [-0.39, 0.29) is 11.2 Å². The zero-order valence-corrected chi connectivity index (χ0v) is 14.0. The predicted octanol–water partition coefficient (Wildman–Crippen LogP) is 3.95. The molecular weight excluding hydrogens is 329 g/mol. The third kappa shape index (κ3) is 3.84. The lowest BCUT2D eigenvalue weighted by atomic mass is 10.1. The van der Waals surface area contributed by atoms with Crippen LogP contribution in [0.4, 0.5) is 13.2 Å². The molecule has 0 amide bonds. The summed E-state index contributed by atoms with van der Waals surface area (Å²) in [5, 5.41) is 7.44. The van der Waals surface area contributed by atoms with Crippen LogP contribution in [0.5, 0.6) is 0 Å². The maximum atomic E-state index is 12.6. The van der Waals surface area contributed by atoms with Gasteiger partial charge < -0.3 is 5.32 Å². The number of rotatable bonds is 4. The third-order valence-electron chi connectivity index (χ3n) is 3.88. The quantitative estimate of drug-likeness (QED) is 0.852. The molecule has 0 bridgehead atoms. The van der Waals surface area contributed by atoms with E-state index in [1.807, 2.05) is 27.8 Å². The van der Waals surface area contributed by atoms with Gasteiger partial charge in [0.15, 0.2) is 0 Å². The number of aromatic nitrogens is 3. The number of alkyl halides is 3. The van der Waals surface area contributed by atoms with Crippen LogP contribution in [0.25, 0.3) is 0 Å². The van der Waals surface area contributed by atoms with Gasteiger partial charge in [-0.05, 0) is 26.8 Å². The summed E-state index contributed by atoms with van der Waals surface area (Å²) >= 11 is 5.91. The van der Waals surface area contributed by atoms with Crippen LogP contribution in [-0.2, 0) is 19.8 Å². The Balaban J connectivity index is 2.13. The molecule has 0 aromatic carbocycles. The van der Waals surface area contributed by atoms with Crippen molar-refractivity contribution < 1.29 is 13.2 Å². The smallest absolute Gasteiger partial charge is 0.306 e. The summed E-state index contributed by atoms with van der Waals surface area (Å²) in [4.78, 5) is 3.44. The molecule has 8 heteroatoms. The number of pyridine rings is 1. The average Bonchev–Trinajstić information content (AvgIpc) is 2.68. The molecule has 4 nitrogen and oxygen atoms in total. The largest absolute Gasteiger partial charge is 0.433 e. The monoisotopic (exact) mass is 346 g/mol. The minimum absolute atomic E-state index is 0.139. The molecule has 0 aliphatic heterocycles. The topological polar surface area (TPSA) is 42.7 Å². The van der Waals surface area contributed by atoms with E-state index in [1.165, 1.54) is 6.07 Å². The van der Waals surface area contributed by atoms with Gasteiger partial charge in [-0.1, -0.05) is 17.7 Å². The fourth-order valence-electron chi connectivity index (χ4n) is 2.36. The summed E-state index contributed by atoms with van der Waals surface area (Å²) in [6.45, 7) is 6.26. The maximum absolute atomic E-state index is 12.6. The first kappa shape index (κ1) is 17.7. The summed E-state index contributed by atoms with van der Waals surface area (Å²) in [5.74, 6) is 0. The van der Waals surface area contributed by atoms with Crippen molar-refractivity contribution in [3.05, 3.63) is 45.5 Å². The fourth-order valence-corrected chi connectivity index (χ4v) is 2.68. The fraction of sp³-hybridized carbons (Fsp3) is 0.467. The van der Waals surface area contributed by atoms with Crippen molar-refractivity contribution in [2.24, 2.45) is 7.05 Å². The van der Waals surface area contributed by atoms with Gasteiger partial charge in [0, 0.05) is 36.5 Å². The molecule has 2 rings (SSSR count). The number of hydrogen-bond donors (Lipinski definition) is 1. The number of halogens is 4. The van der Waals surface area contributed by atoms with E-state index >= 15 is 0 Å². The van der Waals surface area contributed by atoms with Crippen molar-refractivity contribution in [3.8, 4) is 0 Å². The lowest BCUT2D eigenvalue weighted by Crippen LogP contribution is -2.20. The van der Waals surface area contributed by atoms with Crippen molar-refractivity contribution in [3.63, 3.8) is 0 Å². The molecule has 0 saturated heterocycles. The first-order valence-corrected chi connectivity index (χ1v) is 7.45. The summed E-state index contributed by atoms with van der Waals surface area (Å²) in [6, 6.07) is 2.06. The molecule has 126 valence electrons. The number of nitrogens with one attached hydrogen (secondary N) is 1. The van der Waals surface area contributed by atoms with Gasteiger partial charge in [-0.15, -0.1) is 0 Å². The molecule has 0 aliphatic carbocycles. The predicted molar refractivity (Wildman–Crippen MR) is 82.2 cm³/mol. The van der Waals surface area contributed by atoms with Crippen molar-refractivity contribution in [2.75, 3.05) is 0 Å². The molecule has 1 atom stereocenters. The minimum Gasteiger partial charge on any atom is -0.306 e. The van der Waals surface area contributed by atoms with Crippen molar-refractivity contribution >= 4 is 11.6 Å². The van der Waals surface area contributed by atoms with Gasteiger partial charge in [-0.2, -0.15) is 18.3 Å². The van der Waals surface area contributed by atoms with Crippen LogP contribution in [0.15, 0.2) is 12.1 Å². The molecule has 23 heavy (non-hydrogen) atoms. The Morgan fingerprint density at radius 1 is 1.30 bits per heavy atom. The van der Waals surface area contributed by atoms with Gasteiger partial charge in [0.05, 0.1) is 5.69 Å². The van der Waals surface area contributed by atoms with Crippen LogP contribution in [0.1, 0.15) is 41.2 Å². The van der Waals surface area contributed by atoms with Crippen LogP contribution in [-0.4, -0.2) is 14.8 Å². The van der Waals surface area contributed by atoms with Gasteiger partial charge >= 0.3 is 6.18 Å². The molecule has 2 aromatic rings. The van der Waals surface area contributed by atoms with Crippen LogP contribution in [0, 0.1) is 13.8 Å². The lowest BCUT2D eigenvalue weighted by Gasteiger charge is -2.16. The second kappa shape index (κ2) is 6.49. The lowest BCUT2D eigenvalue weighted by molar-refractivity contribution is -0.141. The standard InChI is InChI=1S/C15H18ClF3N4/c1-8(20-7-12-9(2)22-23(4)10(12)3)11-5-6-13(15(17,18)19)21-14(11)16/h5-6,8,20H,7H2,1-4H3. The second-order valence-corrected chi connectivity index (χ2v) is 5.81. The number of hydrogen-bond acceptors (Lipinski definition) is 3. The highest BCUT2D eigenvalue weighted by molar-refractivity contribution is 6.30. The zero-order valence-electron chi connectivity index (χ0n) is 13.3. The number of aryl methyl sites for hydroxylation is 2. The molecule has 0 saturated carbocycles. The van der Waals surface area contributed by atoms with Crippen LogP contribution >= 0.6 is 11.6 Å². The van der Waals surface area contributed by atoms with Crippen LogP contribution in [0.3, 0.4) is 0 Å². The summed E-state index contributed by atoms with van der Waals surface area (Å²) < 4.78 is 39.6. The highest BCUT2D eigenvalue weighted by atomic mass is 35.5. The zero-order chi connectivity index (χ0) is 17.4. The molecule has 0 spiro atoms. The Morgan fingerprint density at radius 3 is 2.43 bits per heavy atom. The average molecular weight is 347 g/mol. The van der Waals surface area contributed by atoms with E-state index < -0.39 is 11.9 Å². The Hall–Kier alpha value is -1.60. The molecule has 2 aromatic heterocycles. The minimum atomic E-state index is -4.50. The molecule has 0 radical (unpaired) electrons. The first-order chi connectivity index (χ1) is 10.6. The van der Waals surface area contributed by atoms with Crippen molar-refractivity contribution in [1.82, 2.24) is 20.1 Å². The van der Waals surface area contributed by atoms with Crippen LogP contribution < -0.4 is 5.32 Å². The van der Waals surface area contributed by atoms with Gasteiger partial charge in [0.25, 0.3) is 0 Å². The summed E-state index contributed by atoms with van der Waals surface area (Å²) in [7, 11) is 1.87. The van der Waals surface area contributed by atoms with Crippen molar-refractivity contribution in [2.45, 2.75) is 39.5 Å². The molecule has 0 aliphatic rings. The van der Waals surface area contributed by atoms with Gasteiger partial charge in [0.1, 0.15) is 10.8 Å². The molecule has 2 heterocycles. The van der Waals surface area contributed by atoms with E-state index in [1.54, 1.807) is 4.68 Å². The Labute approximate surface area is 137 Å². The third-order valence-corrected chi connectivity index (χ3v) is 4.18. The molecule has 1 N–H and O–H groups in total. The number of nitrogens with zero attached hydrogens (tertiary/aromatic N) is 3.